The lowest BCUT2D eigenvalue weighted by Crippen LogP contribution is -2.30. The van der Waals surface area contributed by atoms with E-state index in [-0.39, 0.29) is 5.97 Å². The molecule has 2 heterocycles. The fraction of sp³-hybridized carbons (Fsp3) is 0.364. The molecule has 0 saturated carbocycles. The molecule has 0 bridgehead atoms. The van der Waals surface area contributed by atoms with E-state index in [2.05, 4.69) is 35.2 Å². The Morgan fingerprint density at radius 2 is 1.96 bits per heavy atom. The Labute approximate surface area is 155 Å². The van der Waals surface area contributed by atoms with Crippen molar-refractivity contribution in [3.63, 3.8) is 0 Å². The van der Waals surface area contributed by atoms with Crippen molar-refractivity contribution in [3.05, 3.63) is 71.1 Å². The third kappa shape index (κ3) is 5.27. The van der Waals surface area contributed by atoms with Crippen LogP contribution in [0.3, 0.4) is 0 Å². The summed E-state index contributed by atoms with van der Waals surface area (Å²) < 4.78 is 5.28. The predicted octanol–water partition coefficient (Wildman–Crippen LogP) is 3.99. The number of benzene rings is 1. The van der Waals surface area contributed by atoms with Crippen molar-refractivity contribution >= 4 is 12.0 Å². The zero-order valence-electron chi connectivity index (χ0n) is 15.7. The average molecular weight is 350 g/mol. The number of aromatic nitrogens is 1. The van der Waals surface area contributed by atoms with Gasteiger partial charge in [0.1, 0.15) is 5.60 Å². The van der Waals surface area contributed by atoms with Crippen molar-refractivity contribution in [3.8, 4) is 0 Å². The summed E-state index contributed by atoms with van der Waals surface area (Å²) in [5, 5.41) is 0. The molecule has 4 nitrogen and oxygen atoms in total. The van der Waals surface area contributed by atoms with E-state index in [1.165, 1.54) is 17.2 Å². The standard InChI is InChI=1S/C22H26N2O2/c1-22(2,3)26-21(25)12-11-19-10-9-18-16-24(14-13-20(18)23-19)15-17-7-5-4-6-8-17/h4-12H,13-16H2,1-3H3. The first-order chi connectivity index (χ1) is 12.4. The highest BCUT2D eigenvalue weighted by atomic mass is 16.6. The van der Waals surface area contributed by atoms with Gasteiger partial charge in [0.05, 0.1) is 5.69 Å². The molecule has 4 heteroatoms. The van der Waals surface area contributed by atoms with Crippen molar-refractivity contribution < 1.29 is 9.53 Å². The van der Waals surface area contributed by atoms with Gasteiger partial charge < -0.3 is 4.74 Å². The van der Waals surface area contributed by atoms with Crippen LogP contribution in [-0.2, 0) is 29.0 Å². The lowest BCUT2D eigenvalue weighted by Gasteiger charge is -2.28. The minimum atomic E-state index is -0.479. The van der Waals surface area contributed by atoms with E-state index in [4.69, 9.17) is 9.72 Å². The molecular formula is C22H26N2O2. The number of hydrogen-bond acceptors (Lipinski definition) is 4. The van der Waals surface area contributed by atoms with Gasteiger partial charge in [0.25, 0.3) is 0 Å². The van der Waals surface area contributed by atoms with Crippen LogP contribution in [0, 0.1) is 0 Å². The smallest absolute Gasteiger partial charge is 0.331 e. The molecule has 0 N–H and O–H groups in total. The molecule has 0 amide bonds. The molecule has 1 aromatic carbocycles. The molecular weight excluding hydrogens is 324 g/mol. The number of carbonyl (C=O) groups excluding carboxylic acids is 1. The quantitative estimate of drug-likeness (QED) is 0.617. The maximum absolute atomic E-state index is 11.8. The molecule has 3 rings (SSSR count). The van der Waals surface area contributed by atoms with Crippen LogP contribution in [0.4, 0.5) is 0 Å². The first-order valence-corrected chi connectivity index (χ1v) is 9.05. The highest BCUT2D eigenvalue weighted by molar-refractivity contribution is 5.87. The third-order valence-electron chi connectivity index (χ3n) is 4.19. The normalized spacial score (nSPS) is 15.0. The number of hydrogen-bond donors (Lipinski definition) is 0. The van der Waals surface area contributed by atoms with Gasteiger partial charge in [-0.25, -0.2) is 4.79 Å². The zero-order valence-corrected chi connectivity index (χ0v) is 15.7. The Kier molecular flexibility index (Phi) is 5.52. The summed E-state index contributed by atoms with van der Waals surface area (Å²) in [6, 6.07) is 14.6. The Balaban J connectivity index is 1.63. The van der Waals surface area contributed by atoms with E-state index in [9.17, 15) is 4.79 Å². The SMILES string of the molecule is CC(C)(C)OC(=O)C=Cc1ccc2c(n1)CCN(Cc1ccccc1)C2. The fourth-order valence-corrected chi connectivity index (χ4v) is 3.05. The van der Waals surface area contributed by atoms with Crippen LogP contribution in [0.15, 0.2) is 48.5 Å². The fourth-order valence-electron chi connectivity index (χ4n) is 3.05. The Hall–Kier alpha value is -2.46. The van der Waals surface area contributed by atoms with Gasteiger partial charge in [0.2, 0.25) is 0 Å². The molecule has 0 saturated heterocycles. The van der Waals surface area contributed by atoms with E-state index < -0.39 is 5.60 Å². The monoisotopic (exact) mass is 350 g/mol. The van der Waals surface area contributed by atoms with Crippen LogP contribution >= 0.6 is 0 Å². The molecule has 0 unspecified atom stereocenters. The molecule has 1 aliphatic rings. The molecule has 136 valence electrons. The molecule has 0 atom stereocenters. The number of fused-ring (bicyclic) bond motifs is 1. The Bertz CT molecular complexity index is 792. The number of rotatable bonds is 4. The van der Waals surface area contributed by atoms with Gasteiger partial charge in [-0.05, 0) is 44.0 Å². The highest BCUT2D eigenvalue weighted by Crippen LogP contribution is 2.20. The third-order valence-corrected chi connectivity index (χ3v) is 4.19. The van der Waals surface area contributed by atoms with Gasteiger partial charge in [-0.3, -0.25) is 9.88 Å². The lowest BCUT2D eigenvalue weighted by atomic mass is 10.0. The summed E-state index contributed by atoms with van der Waals surface area (Å²) >= 11 is 0. The summed E-state index contributed by atoms with van der Waals surface area (Å²) in [5.74, 6) is -0.342. The molecule has 0 radical (unpaired) electrons. The first kappa shape index (κ1) is 18.3. The van der Waals surface area contributed by atoms with Gasteiger partial charge in [-0.1, -0.05) is 36.4 Å². The maximum atomic E-state index is 11.8. The molecule has 0 aliphatic carbocycles. The van der Waals surface area contributed by atoms with Crippen LogP contribution in [0.2, 0.25) is 0 Å². The first-order valence-electron chi connectivity index (χ1n) is 9.05. The van der Waals surface area contributed by atoms with E-state index in [0.717, 1.165) is 37.4 Å². The second kappa shape index (κ2) is 7.83. The highest BCUT2D eigenvalue weighted by Gasteiger charge is 2.18. The zero-order chi connectivity index (χ0) is 18.6. The van der Waals surface area contributed by atoms with Gasteiger partial charge in [0, 0.05) is 37.8 Å². The molecule has 2 aromatic rings. The van der Waals surface area contributed by atoms with Crippen molar-refractivity contribution in [1.82, 2.24) is 9.88 Å². The number of nitrogens with zero attached hydrogens (tertiary/aromatic N) is 2. The van der Waals surface area contributed by atoms with Gasteiger partial charge >= 0.3 is 5.97 Å². The van der Waals surface area contributed by atoms with E-state index in [1.54, 1.807) is 6.08 Å². The summed E-state index contributed by atoms with van der Waals surface area (Å²) in [4.78, 5) is 18.9. The van der Waals surface area contributed by atoms with Crippen molar-refractivity contribution in [2.24, 2.45) is 0 Å². The van der Waals surface area contributed by atoms with Crippen LogP contribution in [0.25, 0.3) is 6.08 Å². The molecule has 0 fully saturated rings. The molecule has 1 aromatic heterocycles. The number of esters is 1. The van der Waals surface area contributed by atoms with Gasteiger partial charge in [0.15, 0.2) is 0 Å². The van der Waals surface area contributed by atoms with Crippen molar-refractivity contribution in [2.75, 3.05) is 6.54 Å². The Morgan fingerprint density at radius 1 is 1.19 bits per heavy atom. The average Bonchev–Trinajstić information content (AvgIpc) is 2.59. The maximum Gasteiger partial charge on any atom is 0.331 e. The van der Waals surface area contributed by atoms with Crippen LogP contribution in [0.1, 0.15) is 43.3 Å². The molecule has 1 aliphatic heterocycles. The minimum absolute atomic E-state index is 0.342. The van der Waals surface area contributed by atoms with E-state index in [1.807, 2.05) is 32.9 Å². The second-order valence-corrected chi connectivity index (χ2v) is 7.65. The molecule has 26 heavy (non-hydrogen) atoms. The second-order valence-electron chi connectivity index (χ2n) is 7.65. The van der Waals surface area contributed by atoms with Crippen LogP contribution in [-0.4, -0.2) is 28.0 Å². The summed E-state index contributed by atoms with van der Waals surface area (Å²) in [7, 11) is 0. The van der Waals surface area contributed by atoms with Crippen molar-refractivity contribution in [2.45, 2.75) is 45.9 Å². The topological polar surface area (TPSA) is 42.4 Å². The van der Waals surface area contributed by atoms with Crippen LogP contribution in [0.5, 0.6) is 0 Å². The Morgan fingerprint density at radius 3 is 2.69 bits per heavy atom. The molecule has 0 spiro atoms. The summed E-state index contributed by atoms with van der Waals surface area (Å²) in [5.41, 5.74) is 4.04. The number of pyridine rings is 1. The minimum Gasteiger partial charge on any atom is -0.457 e. The van der Waals surface area contributed by atoms with E-state index >= 15 is 0 Å². The number of carbonyl (C=O) groups is 1. The summed E-state index contributed by atoms with van der Waals surface area (Å²) in [6.45, 7) is 8.44. The summed E-state index contributed by atoms with van der Waals surface area (Å²) in [6.07, 6.45) is 4.10. The van der Waals surface area contributed by atoms with Crippen LogP contribution < -0.4 is 0 Å². The van der Waals surface area contributed by atoms with Gasteiger partial charge in [-0.2, -0.15) is 0 Å². The van der Waals surface area contributed by atoms with Crippen molar-refractivity contribution in [1.29, 1.82) is 0 Å². The number of ether oxygens (including phenoxy) is 1. The predicted molar refractivity (Wildman–Crippen MR) is 103 cm³/mol. The lowest BCUT2D eigenvalue weighted by molar-refractivity contribution is -0.148. The largest absolute Gasteiger partial charge is 0.457 e. The van der Waals surface area contributed by atoms with Gasteiger partial charge in [-0.15, -0.1) is 0 Å². The van der Waals surface area contributed by atoms with E-state index in [0.29, 0.717) is 0 Å².